The number of hydrogen-bond donors (Lipinski definition) is 0. The fourth-order valence-corrected chi connectivity index (χ4v) is 2.10. The first-order chi connectivity index (χ1) is 5.82. The lowest BCUT2D eigenvalue weighted by Gasteiger charge is -2.04. The number of hydrogen-bond acceptors (Lipinski definition) is 2. The maximum Gasteiger partial charge on any atom is 0.261 e. The van der Waals surface area contributed by atoms with Crippen molar-refractivity contribution in [1.29, 1.82) is 0 Å². The first-order valence-electron chi connectivity index (χ1n) is 3.54. The van der Waals surface area contributed by atoms with Crippen LogP contribution >= 0.6 is 22.3 Å². The summed E-state index contributed by atoms with van der Waals surface area (Å²) in [6.07, 6.45) is 0. The van der Waals surface area contributed by atoms with Gasteiger partial charge in [-0.2, -0.15) is 0 Å². The molecule has 0 unspecified atom stereocenters. The zero-order valence-corrected chi connectivity index (χ0v) is 9.46. The fraction of sp³-hybridized carbons (Fsp3) is 0.250. The van der Waals surface area contributed by atoms with Gasteiger partial charge in [-0.3, -0.25) is 0 Å². The van der Waals surface area contributed by atoms with Gasteiger partial charge < -0.3 is 0 Å². The Morgan fingerprint density at radius 2 is 1.77 bits per heavy atom. The summed E-state index contributed by atoms with van der Waals surface area (Å²) in [7, 11) is 1.49. The van der Waals surface area contributed by atoms with Crippen molar-refractivity contribution in [3.8, 4) is 0 Å². The van der Waals surface area contributed by atoms with E-state index in [4.69, 9.17) is 22.3 Å². The third-order valence-corrected chi connectivity index (χ3v) is 3.58. The molecule has 1 rings (SSSR count). The van der Waals surface area contributed by atoms with E-state index in [1.807, 2.05) is 6.92 Å². The summed E-state index contributed by atoms with van der Waals surface area (Å²) in [5, 5.41) is 0.416. The molecule has 0 bridgehead atoms. The van der Waals surface area contributed by atoms with Crippen LogP contribution in [0.1, 0.15) is 11.1 Å². The van der Waals surface area contributed by atoms with Gasteiger partial charge in [0.25, 0.3) is 9.05 Å². The smallest absolute Gasteiger partial charge is 0.207 e. The molecule has 0 fully saturated rings. The zero-order chi connectivity index (χ0) is 10.2. The van der Waals surface area contributed by atoms with Crippen molar-refractivity contribution in [2.45, 2.75) is 18.7 Å². The molecular weight excluding hydrogens is 231 g/mol. The Kier molecular flexibility index (Phi) is 2.90. The largest absolute Gasteiger partial charge is 0.261 e. The van der Waals surface area contributed by atoms with Crippen molar-refractivity contribution >= 4 is 31.3 Å². The molecule has 2 nitrogen and oxygen atoms in total. The molecule has 72 valence electrons. The van der Waals surface area contributed by atoms with Crippen LogP contribution in [0, 0.1) is 13.8 Å². The molecule has 0 aliphatic carbocycles. The summed E-state index contributed by atoms with van der Waals surface area (Å²) in [5.41, 5.74) is 1.68. The number of halogens is 2. The molecule has 0 aliphatic rings. The number of aryl methyl sites for hydroxylation is 1. The second kappa shape index (κ2) is 3.48. The molecule has 0 aromatic heterocycles. The third kappa shape index (κ3) is 2.36. The van der Waals surface area contributed by atoms with E-state index in [0.717, 1.165) is 11.1 Å². The van der Waals surface area contributed by atoms with Crippen molar-refractivity contribution < 1.29 is 8.42 Å². The van der Waals surface area contributed by atoms with Crippen molar-refractivity contribution in [2.75, 3.05) is 0 Å². The van der Waals surface area contributed by atoms with Crippen molar-refractivity contribution in [3.63, 3.8) is 0 Å². The minimum Gasteiger partial charge on any atom is -0.207 e. The van der Waals surface area contributed by atoms with Crippen LogP contribution in [-0.2, 0) is 9.05 Å². The second-order valence-electron chi connectivity index (χ2n) is 2.78. The highest BCUT2D eigenvalue weighted by atomic mass is 35.7. The van der Waals surface area contributed by atoms with E-state index in [9.17, 15) is 8.42 Å². The Morgan fingerprint density at radius 3 is 2.15 bits per heavy atom. The maximum absolute atomic E-state index is 11.0. The number of benzene rings is 1. The normalized spacial score (nSPS) is 11.7. The van der Waals surface area contributed by atoms with Gasteiger partial charge in [-0.25, -0.2) is 8.42 Å². The van der Waals surface area contributed by atoms with Crippen LogP contribution in [-0.4, -0.2) is 8.42 Å². The predicted molar refractivity (Wildman–Crippen MR) is 54.0 cm³/mol. The van der Waals surface area contributed by atoms with Gasteiger partial charge in [0, 0.05) is 15.7 Å². The molecule has 0 spiro atoms. The Morgan fingerprint density at radius 1 is 1.23 bits per heavy atom. The van der Waals surface area contributed by atoms with Gasteiger partial charge in [0.2, 0.25) is 0 Å². The zero-order valence-electron chi connectivity index (χ0n) is 7.14. The molecule has 0 saturated heterocycles. The Balaban J connectivity index is 3.47. The summed E-state index contributed by atoms with van der Waals surface area (Å²) < 4.78 is 21.9. The van der Waals surface area contributed by atoms with Crippen molar-refractivity contribution in [2.24, 2.45) is 0 Å². The van der Waals surface area contributed by atoms with Crippen LogP contribution < -0.4 is 0 Å². The Labute approximate surface area is 86.9 Å². The summed E-state index contributed by atoms with van der Waals surface area (Å²) in [5.74, 6) is 0. The number of rotatable bonds is 1. The Hall–Kier alpha value is -0.250. The van der Waals surface area contributed by atoms with Crippen LogP contribution in [0.4, 0.5) is 0 Å². The van der Waals surface area contributed by atoms with Crippen LogP contribution in [0.2, 0.25) is 5.02 Å². The highest BCUT2D eigenvalue weighted by Gasteiger charge is 2.12. The van der Waals surface area contributed by atoms with Gasteiger partial charge in [0.15, 0.2) is 0 Å². The van der Waals surface area contributed by atoms with Crippen LogP contribution in [0.25, 0.3) is 0 Å². The van der Waals surface area contributed by atoms with Gasteiger partial charge in [-0.15, -0.1) is 0 Å². The van der Waals surface area contributed by atoms with Gasteiger partial charge in [-0.1, -0.05) is 11.6 Å². The molecule has 13 heavy (non-hydrogen) atoms. The first-order valence-corrected chi connectivity index (χ1v) is 6.22. The van der Waals surface area contributed by atoms with E-state index in [0.29, 0.717) is 5.02 Å². The van der Waals surface area contributed by atoms with Crippen LogP contribution in [0.5, 0.6) is 0 Å². The standard InChI is InChI=1S/C8H8Cl2O2S/c1-5-3-7(13(10,11)12)4-8(9)6(5)2/h3-4H,1-2H3. The van der Waals surface area contributed by atoms with E-state index >= 15 is 0 Å². The van der Waals surface area contributed by atoms with Crippen molar-refractivity contribution in [3.05, 3.63) is 28.3 Å². The second-order valence-corrected chi connectivity index (χ2v) is 5.76. The summed E-state index contributed by atoms with van der Waals surface area (Å²) in [6.45, 7) is 3.61. The van der Waals surface area contributed by atoms with Gasteiger partial charge in [0.1, 0.15) is 0 Å². The predicted octanol–water partition coefficient (Wildman–Crippen LogP) is 2.88. The quantitative estimate of drug-likeness (QED) is 0.706. The average Bonchev–Trinajstić information content (AvgIpc) is 1.97. The third-order valence-electron chi connectivity index (χ3n) is 1.86. The highest BCUT2D eigenvalue weighted by molar-refractivity contribution is 8.13. The first kappa shape index (κ1) is 10.8. The minimum atomic E-state index is -3.68. The van der Waals surface area contributed by atoms with Gasteiger partial charge in [0.05, 0.1) is 4.90 Å². The van der Waals surface area contributed by atoms with Crippen LogP contribution in [0.3, 0.4) is 0 Å². The molecule has 0 radical (unpaired) electrons. The highest BCUT2D eigenvalue weighted by Crippen LogP contribution is 2.25. The SMILES string of the molecule is Cc1cc(S(=O)(=O)Cl)cc(Cl)c1C. The molecule has 1 aromatic rings. The summed E-state index contributed by atoms with van der Waals surface area (Å²) in [4.78, 5) is 0.0438. The van der Waals surface area contributed by atoms with E-state index in [1.165, 1.54) is 12.1 Å². The average molecular weight is 239 g/mol. The van der Waals surface area contributed by atoms with Gasteiger partial charge >= 0.3 is 0 Å². The fourth-order valence-electron chi connectivity index (χ4n) is 0.926. The van der Waals surface area contributed by atoms with E-state index in [-0.39, 0.29) is 4.90 Å². The van der Waals surface area contributed by atoms with E-state index < -0.39 is 9.05 Å². The van der Waals surface area contributed by atoms with E-state index in [1.54, 1.807) is 6.92 Å². The van der Waals surface area contributed by atoms with Crippen LogP contribution in [0.15, 0.2) is 17.0 Å². The monoisotopic (exact) mass is 238 g/mol. The molecular formula is C8H8Cl2O2S. The molecule has 0 amide bonds. The van der Waals surface area contributed by atoms with E-state index in [2.05, 4.69) is 0 Å². The molecule has 0 heterocycles. The summed E-state index contributed by atoms with van der Waals surface area (Å²) >= 11 is 5.80. The molecule has 0 saturated carbocycles. The molecule has 1 aromatic carbocycles. The Bertz CT molecular complexity index is 414. The molecule has 5 heteroatoms. The lowest BCUT2D eigenvalue weighted by Crippen LogP contribution is -1.93. The molecule has 0 aliphatic heterocycles. The minimum absolute atomic E-state index is 0.0438. The molecule has 0 N–H and O–H groups in total. The van der Waals surface area contributed by atoms with Gasteiger partial charge in [-0.05, 0) is 37.1 Å². The lowest BCUT2D eigenvalue weighted by atomic mass is 10.1. The maximum atomic E-state index is 11.0. The summed E-state index contributed by atoms with van der Waals surface area (Å²) in [6, 6.07) is 2.86. The molecule has 0 atom stereocenters. The lowest BCUT2D eigenvalue weighted by molar-refractivity contribution is 0.609. The topological polar surface area (TPSA) is 34.1 Å². The van der Waals surface area contributed by atoms with Crippen molar-refractivity contribution in [1.82, 2.24) is 0 Å².